The molecule has 1 saturated heterocycles. The molecule has 0 amide bonds. The van der Waals surface area contributed by atoms with Crippen LogP contribution < -0.4 is 5.32 Å². The van der Waals surface area contributed by atoms with E-state index in [-0.39, 0.29) is 11.8 Å². The van der Waals surface area contributed by atoms with Crippen molar-refractivity contribution < 1.29 is 14.3 Å². The molecular weight excluding hydrogens is 382 g/mol. The zero-order chi connectivity index (χ0) is 18.6. The van der Waals surface area contributed by atoms with Crippen LogP contribution in [-0.2, 0) is 10.3 Å². The van der Waals surface area contributed by atoms with Crippen LogP contribution in [0.1, 0.15) is 45.5 Å². The lowest BCUT2D eigenvalue weighted by atomic mass is 9.88. The first-order valence-electron chi connectivity index (χ1n) is 9.10. The maximum atomic E-state index is 13.4. The number of thioether (sulfide) groups is 1. The van der Waals surface area contributed by atoms with Crippen LogP contribution in [0.3, 0.4) is 0 Å². The number of Topliss-reactive ketones (excluding diaryl/α,β-unsaturated/α-hetero) is 1. The quantitative estimate of drug-likeness (QED) is 0.616. The summed E-state index contributed by atoms with van der Waals surface area (Å²) in [5.41, 5.74) is 1.22. The first-order valence-corrected chi connectivity index (χ1v) is 10.3. The summed E-state index contributed by atoms with van der Waals surface area (Å²) in [4.78, 5) is 27.1. The van der Waals surface area contributed by atoms with Gasteiger partial charge in [-0.3, -0.25) is 4.79 Å². The Morgan fingerprint density at radius 2 is 1.89 bits per heavy atom. The van der Waals surface area contributed by atoms with Crippen LogP contribution in [-0.4, -0.2) is 29.6 Å². The summed E-state index contributed by atoms with van der Waals surface area (Å²) < 4.78 is 5.27. The van der Waals surface area contributed by atoms with Gasteiger partial charge in [-0.15, -0.1) is 11.8 Å². The van der Waals surface area contributed by atoms with Crippen molar-refractivity contribution in [1.29, 1.82) is 0 Å². The average molecular weight is 400 g/mol. The minimum Gasteiger partial charge on any atom is -0.449 e. The van der Waals surface area contributed by atoms with Crippen LogP contribution in [0.4, 0.5) is 0 Å². The van der Waals surface area contributed by atoms with E-state index in [0.717, 1.165) is 36.3 Å². The number of halogens is 1. The van der Waals surface area contributed by atoms with Crippen LogP contribution in [0.25, 0.3) is 0 Å². The Balaban J connectivity index is 1.50. The molecule has 2 heterocycles. The highest BCUT2D eigenvalue weighted by Gasteiger charge is 2.54. The third kappa shape index (κ3) is 2.72. The van der Waals surface area contributed by atoms with Gasteiger partial charge in [0.2, 0.25) is 0 Å². The molecule has 3 aliphatic rings. The second kappa shape index (κ2) is 6.09. The molecule has 2 aromatic rings. The van der Waals surface area contributed by atoms with E-state index in [1.54, 1.807) is 17.8 Å². The van der Waals surface area contributed by atoms with E-state index in [1.807, 2.05) is 36.4 Å². The standard InChI is InChI=1S/C21H18ClNO3S/c22-13-4-6-14(7-5-13)27-21(8-9-21)18(24)15-2-1-3-16-17(15)19(25)26-20(16)10-11-23-12-20/h1-7,23H,8-12H2. The van der Waals surface area contributed by atoms with E-state index < -0.39 is 10.3 Å². The molecule has 2 fully saturated rings. The molecule has 5 rings (SSSR count). The highest BCUT2D eigenvalue weighted by molar-refractivity contribution is 8.01. The molecule has 1 aliphatic carbocycles. The molecule has 4 nitrogen and oxygen atoms in total. The SMILES string of the molecule is O=C1OC2(CCNC2)c2cccc(C(=O)C3(Sc4ccc(Cl)cc4)CC3)c21. The summed E-state index contributed by atoms with van der Waals surface area (Å²) in [6.45, 7) is 1.41. The summed E-state index contributed by atoms with van der Waals surface area (Å²) in [6, 6.07) is 13.1. The fourth-order valence-electron chi connectivity index (χ4n) is 4.07. The average Bonchev–Trinajstić information content (AvgIpc) is 3.20. The van der Waals surface area contributed by atoms with Crippen LogP contribution >= 0.6 is 23.4 Å². The van der Waals surface area contributed by atoms with Gasteiger partial charge in [-0.05, 0) is 43.7 Å². The summed E-state index contributed by atoms with van der Waals surface area (Å²) >= 11 is 7.53. The zero-order valence-corrected chi connectivity index (χ0v) is 16.2. The van der Waals surface area contributed by atoms with E-state index in [0.29, 0.717) is 22.7 Å². The molecule has 0 bridgehead atoms. The molecule has 1 N–H and O–H groups in total. The predicted octanol–water partition coefficient (Wildman–Crippen LogP) is 4.21. The van der Waals surface area contributed by atoms with Crippen LogP contribution in [0, 0.1) is 0 Å². The molecule has 6 heteroatoms. The third-order valence-electron chi connectivity index (χ3n) is 5.65. The van der Waals surface area contributed by atoms with Gasteiger partial charge in [-0.2, -0.15) is 0 Å². The fourth-order valence-corrected chi connectivity index (χ4v) is 5.43. The number of nitrogens with one attached hydrogen (secondary N) is 1. The van der Waals surface area contributed by atoms with Gasteiger partial charge in [0.25, 0.3) is 0 Å². The number of benzene rings is 2. The Kier molecular flexibility index (Phi) is 3.90. The van der Waals surface area contributed by atoms with Gasteiger partial charge in [0.05, 0.1) is 10.3 Å². The summed E-state index contributed by atoms with van der Waals surface area (Å²) in [5, 5.41) is 3.94. The normalized spacial score (nSPS) is 24.7. The summed E-state index contributed by atoms with van der Waals surface area (Å²) in [7, 11) is 0. The van der Waals surface area contributed by atoms with Crippen LogP contribution in [0.2, 0.25) is 5.02 Å². The molecule has 27 heavy (non-hydrogen) atoms. The van der Waals surface area contributed by atoms with Gasteiger partial charge in [0.1, 0.15) is 0 Å². The van der Waals surface area contributed by atoms with E-state index in [9.17, 15) is 9.59 Å². The fraction of sp³-hybridized carbons (Fsp3) is 0.333. The number of ketones is 1. The Morgan fingerprint density at radius 1 is 1.11 bits per heavy atom. The third-order valence-corrected chi connectivity index (χ3v) is 7.40. The van der Waals surface area contributed by atoms with Crippen molar-refractivity contribution in [2.24, 2.45) is 0 Å². The van der Waals surface area contributed by atoms with Crippen LogP contribution in [0.5, 0.6) is 0 Å². The number of carbonyl (C=O) groups is 2. The van der Waals surface area contributed by atoms with Crippen molar-refractivity contribution in [1.82, 2.24) is 5.32 Å². The van der Waals surface area contributed by atoms with Gasteiger partial charge in [-0.1, -0.05) is 29.8 Å². The minimum absolute atomic E-state index is 0.0271. The second-order valence-electron chi connectivity index (χ2n) is 7.42. The largest absolute Gasteiger partial charge is 0.449 e. The number of fused-ring (bicyclic) bond motifs is 2. The molecule has 1 unspecified atom stereocenters. The van der Waals surface area contributed by atoms with Crippen molar-refractivity contribution in [3.8, 4) is 0 Å². The highest BCUT2D eigenvalue weighted by atomic mass is 35.5. The number of hydrogen-bond donors (Lipinski definition) is 1. The zero-order valence-electron chi connectivity index (χ0n) is 14.6. The van der Waals surface area contributed by atoms with E-state index >= 15 is 0 Å². The van der Waals surface area contributed by atoms with Crippen molar-refractivity contribution in [2.75, 3.05) is 13.1 Å². The number of hydrogen-bond acceptors (Lipinski definition) is 5. The molecule has 138 valence electrons. The number of carbonyl (C=O) groups excluding carboxylic acids is 2. The smallest absolute Gasteiger partial charge is 0.340 e. The number of ether oxygens (including phenoxy) is 1. The molecule has 2 aromatic carbocycles. The minimum atomic E-state index is -0.608. The lowest BCUT2D eigenvalue weighted by molar-refractivity contribution is 0.00158. The Hall–Kier alpha value is -1.82. The molecule has 2 aliphatic heterocycles. The van der Waals surface area contributed by atoms with E-state index in [1.165, 1.54) is 0 Å². The van der Waals surface area contributed by atoms with Gasteiger partial charge < -0.3 is 10.1 Å². The molecule has 1 saturated carbocycles. The first kappa shape index (κ1) is 17.3. The number of rotatable bonds is 4. The number of esters is 1. The van der Waals surface area contributed by atoms with Gasteiger partial charge in [0, 0.05) is 34.0 Å². The molecule has 0 radical (unpaired) electrons. The summed E-state index contributed by atoms with van der Waals surface area (Å²) in [6.07, 6.45) is 2.36. The van der Waals surface area contributed by atoms with Crippen molar-refractivity contribution in [3.63, 3.8) is 0 Å². The Morgan fingerprint density at radius 3 is 2.56 bits per heavy atom. The van der Waals surface area contributed by atoms with Crippen LogP contribution in [0.15, 0.2) is 47.4 Å². The van der Waals surface area contributed by atoms with Gasteiger partial charge in [0.15, 0.2) is 11.4 Å². The highest BCUT2D eigenvalue weighted by Crippen LogP contribution is 2.54. The second-order valence-corrected chi connectivity index (χ2v) is 9.31. The topological polar surface area (TPSA) is 55.4 Å². The van der Waals surface area contributed by atoms with Crippen molar-refractivity contribution in [3.05, 3.63) is 64.2 Å². The van der Waals surface area contributed by atoms with Gasteiger partial charge >= 0.3 is 5.97 Å². The Labute approximate surface area is 166 Å². The lowest BCUT2D eigenvalue weighted by Gasteiger charge is -2.22. The molecule has 1 atom stereocenters. The van der Waals surface area contributed by atoms with E-state index in [2.05, 4.69) is 5.32 Å². The molecular formula is C21H18ClNO3S. The maximum Gasteiger partial charge on any atom is 0.340 e. The first-order chi connectivity index (χ1) is 13.0. The predicted molar refractivity (Wildman–Crippen MR) is 105 cm³/mol. The molecule has 0 aromatic heterocycles. The molecule has 1 spiro atoms. The van der Waals surface area contributed by atoms with Crippen molar-refractivity contribution in [2.45, 2.75) is 34.5 Å². The Bertz CT molecular complexity index is 946. The maximum absolute atomic E-state index is 13.4. The lowest BCUT2D eigenvalue weighted by Crippen LogP contribution is -2.28. The van der Waals surface area contributed by atoms with Crippen molar-refractivity contribution >= 4 is 35.1 Å². The monoisotopic (exact) mass is 399 g/mol. The van der Waals surface area contributed by atoms with E-state index in [4.69, 9.17) is 16.3 Å². The summed E-state index contributed by atoms with van der Waals surface area (Å²) in [5.74, 6) is -0.343. The van der Waals surface area contributed by atoms with Gasteiger partial charge in [-0.25, -0.2) is 4.79 Å².